The molecule has 1 unspecified atom stereocenters. The van der Waals surface area contributed by atoms with Crippen LogP contribution in [0.25, 0.3) is 0 Å². The molecule has 5 nitrogen and oxygen atoms in total. The van der Waals surface area contributed by atoms with E-state index in [2.05, 4.69) is 34.0 Å². The van der Waals surface area contributed by atoms with Gasteiger partial charge in [0.15, 0.2) is 0 Å². The molecule has 1 atom stereocenters. The van der Waals surface area contributed by atoms with Gasteiger partial charge in [0.25, 0.3) is 0 Å². The number of carbonyl (C=O) groups is 1. The Bertz CT molecular complexity index is 849. The third kappa shape index (κ3) is 4.27. The van der Waals surface area contributed by atoms with Crippen molar-refractivity contribution in [2.24, 2.45) is 0 Å². The molecule has 0 saturated heterocycles. The van der Waals surface area contributed by atoms with Crippen LogP contribution in [-0.4, -0.2) is 23.6 Å². The molecule has 2 N–H and O–H groups in total. The van der Waals surface area contributed by atoms with Crippen molar-refractivity contribution in [3.8, 4) is 0 Å². The molecule has 1 aromatic heterocycles. The maximum absolute atomic E-state index is 13.1. The minimum absolute atomic E-state index is 0.188. The first-order valence-corrected chi connectivity index (χ1v) is 8.44. The van der Waals surface area contributed by atoms with Crippen LogP contribution in [0.4, 0.5) is 20.7 Å². The smallest absolute Gasteiger partial charge is 0.319 e. The molecule has 0 aliphatic carbocycles. The topological polar surface area (TPSA) is 57.3 Å². The highest BCUT2D eigenvalue weighted by atomic mass is 19.1. The van der Waals surface area contributed by atoms with Gasteiger partial charge in [-0.25, -0.2) is 14.2 Å². The average Bonchev–Trinajstić information content (AvgIpc) is 2.94. The van der Waals surface area contributed by atoms with Crippen LogP contribution in [0.15, 0.2) is 66.9 Å². The van der Waals surface area contributed by atoms with E-state index in [9.17, 15) is 9.18 Å². The first-order chi connectivity index (χ1) is 12.5. The van der Waals surface area contributed by atoms with Gasteiger partial charge in [-0.2, -0.15) is 0 Å². The van der Waals surface area contributed by atoms with E-state index >= 15 is 0 Å². The first-order valence-electron chi connectivity index (χ1n) is 8.44. The van der Waals surface area contributed by atoms with Crippen LogP contribution in [0.5, 0.6) is 0 Å². The van der Waals surface area contributed by atoms with Gasteiger partial charge in [-0.1, -0.05) is 18.7 Å². The number of rotatable bonds is 5. The lowest BCUT2D eigenvalue weighted by atomic mass is 10.2. The second-order valence-electron chi connectivity index (χ2n) is 6.10. The van der Waals surface area contributed by atoms with Gasteiger partial charge in [-0.3, -0.25) is 0 Å². The second kappa shape index (κ2) is 7.82. The molecular weight excluding hydrogens is 331 g/mol. The summed E-state index contributed by atoms with van der Waals surface area (Å²) in [6.07, 6.45) is 4.55. The molecule has 0 fully saturated rings. The number of nitrogens with zero attached hydrogens (tertiary/aromatic N) is 2. The lowest BCUT2D eigenvalue weighted by Crippen LogP contribution is -2.30. The van der Waals surface area contributed by atoms with Crippen molar-refractivity contribution in [3.63, 3.8) is 0 Å². The summed E-state index contributed by atoms with van der Waals surface area (Å²) in [6.45, 7) is 6.51. The lowest BCUT2D eigenvalue weighted by molar-refractivity contribution is 0.252. The molecule has 26 heavy (non-hydrogen) atoms. The van der Waals surface area contributed by atoms with Gasteiger partial charge in [0, 0.05) is 30.5 Å². The zero-order valence-electron chi connectivity index (χ0n) is 14.6. The van der Waals surface area contributed by atoms with Crippen molar-refractivity contribution < 1.29 is 9.18 Å². The van der Waals surface area contributed by atoms with E-state index in [-0.39, 0.29) is 12.1 Å². The minimum atomic E-state index is -0.392. The summed E-state index contributed by atoms with van der Waals surface area (Å²) in [7, 11) is 0. The van der Waals surface area contributed by atoms with Crippen molar-refractivity contribution in [2.75, 3.05) is 16.8 Å². The fourth-order valence-electron chi connectivity index (χ4n) is 2.69. The molecule has 1 aliphatic heterocycles. The molecule has 2 aromatic rings. The molecular formula is C20H21FN4O. The Morgan fingerprint density at radius 1 is 1.31 bits per heavy atom. The van der Waals surface area contributed by atoms with E-state index in [0.717, 1.165) is 17.1 Å². The Kier molecular flexibility index (Phi) is 5.31. The van der Waals surface area contributed by atoms with Crippen molar-refractivity contribution in [2.45, 2.75) is 19.4 Å². The van der Waals surface area contributed by atoms with Gasteiger partial charge in [0.2, 0.25) is 0 Å². The van der Waals surface area contributed by atoms with Crippen molar-refractivity contribution in [3.05, 3.63) is 78.4 Å². The van der Waals surface area contributed by atoms with Gasteiger partial charge in [0.05, 0.1) is 6.04 Å². The predicted molar refractivity (Wildman–Crippen MR) is 102 cm³/mol. The summed E-state index contributed by atoms with van der Waals surface area (Å²) in [5.41, 5.74) is 2.34. The first kappa shape index (κ1) is 17.7. The van der Waals surface area contributed by atoms with Crippen molar-refractivity contribution in [1.82, 2.24) is 10.3 Å². The number of aromatic nitrogens is 1. The Morgan fingerprint density at radius 3 is 2.85 bits per heavy atom. The maximum Gasteiger partial charge on any atom is 0.319 e. The van der Waals surface area contributed by atoms with Crippen LogP contribution >= 0.6 is 0 Å². The quantitative estimate of drug-likeness (QED) is 0.859. The zero-order valence-corrected chi connectivity index (χ0v) is 14.6. The minimum Gasteiger partial charge on any atom is -0.337 e. The molecule has 2 heterocycles. The SMILES string of the molecule is C=C1C=CN(c2cccc(CCNC(=O)Nc3cccc(F)c3)n2)C1C. The number of halogens is 1. The van der Waals surface area contributed by atoms with Gasteiger partial charge in [-0.15, -0.1) is 0 Å². The number of pyridine rings is 1. The molecule has 1 aliphatic rings. The van der Waals surface area contributed by atoms with E-state index < -0.39 is 5.82 Å². The highest BCUT2D eigenvalue weighted by molar-refractivity contribution is 5.89. The van der Waals surface area contributed by atoms with Crippen LogP contribution in [0.1, 0.15) is 12.6 Å². The number of hydrogen-bond acceptors (Lipinski definition) is 3. The molecule has 6 heteroatoms. The number of nitrogens with one attached hydrogen (secondary N) is 2. The summed E-state index contributed by atoms with van der Waals surface area (Å²) in [4.78, 5) is 18.6. The lowest BCUT2D eigenvalue weighted by Gasteiger charge is -2.22. The molecule has 1 aromatic carbocycles. The standard InChI is InChI=1S/C20H21FN4O/c1-14-10-12-25(15(14)2)19-8-4-6-17(23-19)9-11-22-20(26)24-18-7-3-5-16(21)13-18/h3-8,10,12-13,15H,1,9,11H2,2H3,(H2,22,24,26). The monoisotopic (exact) mass is 352 g/mol. The van der Waals surface area contributed by atoms with Crippen LogP contribution in [-0.2, 0) is 6.42 Å². The van der Waals surface area contributed by atoms with E-state index in [1.165, 1.54) is 12.1 Å². The zero-order chi connectivity index (χ0) is 18.5. The Balaban J connectivity index is 1.52. The third-order valence-electron chi connectivity index (χ3n) is 4.21. The van der Waals surface area contributed by atoms with E-state index in [1.54, 1.807) is 12.1 Å². The predicted octanol–water partition coefficient (Wildman–Crippen LogP) is 3.86. The molecule has 0 bridgehead atoms. The van der Waals surface area contributed by atoms with Crippen LogP contribution < -0.4 is 15.5 Å². The van der Waals surface area contributed by atoms with Crippen molar-refractivity contribution in [1.29, 1.82) is 0 Å². The van der Waals surface area contributed by atoms with Gasteiger partial charge < -0.3 is 15.5 Å². The number of benzene rings is 1. The van der Waals surface area contributed by atoms with Gasteiger partial charge >= 0.3 is 6.03 Å². The van der Waals surface area contributed by atoms with Gasteiger partial charge in [0.1, 0.15) is 11.6 Å². The molecule has 134 valence electrons. The molecule has 0 spiro atoms. The summed E-state index contributed by atoms with van der Waals surface area (Å²) < 4.78 is 13.1. The summed E-state index contributed by atoms with van der Waals surface area (Å²) in [5, 5.41) is 5.35. The van der Waals surface area contributed by atoms with E-state index in [0.29, 0.717) is 18.7 Å². The molecule has 2 amide bonds. The summed E-state index contributed by atoms with van der Waals surface area (Å²) in [6, 6.07) is 11.4. The van der Waals surface area contributed by atoms with Gasteiger partial charge in [-0.05, 0) is 48.9 Å². The normalized spacial score (nSPS) is 16.0. The van der Waals surface area contributed by atoms with Crippen LogP contribution in [0, 0.1) is 5.82 Å². The molecule has 0 radical (unpaired) electrons. The number of hydrogen-bond donors (Lipinski definition) is 2. The average molecular weight is 352 g/mol. The highest BCUT2D eigenvalue weighted by Crippen LogP contribution is 2.24. The second-order valence-corrected chi connectivity index (χ2v) is 6.10. The van der Waals surface area contributed by atoms with Crippen LogP contribution in [0.2, 0.25) is 0 Å². The third-order valence-corrected chi connectivity index (χ3v) is 4.21. The number of urea groups is 1. The summed E-state index contributed by atoms with van der Waals surface area (Å²) >= 11 is 0. The maximum atomic E-state index is 13.1. The Labute approximate surface area is 152 Å². The Hall–Kier alpha value is -3.15. The van der Waals surface area contributed by atoms with Crippen LogP contribution in [0.3, 0.4) is 0 Å². The number of anilines is 2. The molecule has 0 saturated carbocycles. The highest BCUT2D eigenvalue weighted by Gasteiger charge is 2.20. The number of amides is 2. The number of carbonyl (C=O) groups excluding carboxylic acids is 1. The molecule has 3 rings (SSSR count). The summed E-state index contributed by atoms with van der Waals surface area (Å²) in [5.74, 6) is 0.464. The van der Waals surface area contributed by atoms with E-state index in [4.69, 9.17) is 0 Å². The fourth-order valence-corrected chi connectivity index (χ4v) is 2.69. The van der Waals surface area contributed by atoms with E-state index in [1.807, 2.05) is 30.5 Å². The fraction of sp³-hybridized carbons (Fsp3) is 0.200. The van der Waals surface area contributed by atoms with Crippen molar-refractivity contribution >= 4 is 17.5 Å². The largest absolute Gasteiger partial charge is 0.337 e. The Morgan fingerprint density at radius 2 is 2.12 bits per heavy atom.